The highest BCUT2D eigenvalue weighted by Gasteiger charge is 2.10. The van der Waals surface area contributed by atoms with Crippen LogP contribution in [0.15, 0.2) is 24.4 Å². The van der Waals surface area contributed by atoms with Crippen LogP contribution in [0.2, 0.25) is 5.02 Å². The molecule has 0 atom stereocenters. The number of hydrogen-bond donors (Lipinski definition) is 1. The number of aromatic nitrogens is 2. The molecule has 1 heterocycles. The van der Waals surface area contributed by atoms with Gasteiger partial charge in [-0.05, 0) is 18.2 Å². The molecule has 0 aliphatic heterocycles. The zero-order valence-electron chi connectivity index (χ0n) is 10.4. The van der Waals surface area contributed by atoms with E-state index in [4.69, 9.17) is 21.4 Å². The van der Waals surface area contributed by atoms with Crippen molar-refractivity contribution >= 4 is 11.6 Å². The fourth-order valence-corrected chi connectivity index (χ4v) is 2.09. The second-order valence-corrected chi connectivity index (χ2v) is 4.40. The fourth-order valence-electron chi connectivity index (χ4n) is 1.84. The summed E-state index contributed by atoms with van der Waals surface area (Å²) in [5, 5.41) is 9.47. The second kappa shape index (κ2) is 5.42. The van der Waals surface area contributed by atoms with Crippen LogP contribution in [0.5, 0.6) is 5.75 Å². The first-order chi connectivity index (χ1) is 8.65. The molecule has 0 fully saturated rings. The van der Waals surface area contributed by atoms with E-state index in [1.54, 1.807) is 7.11 Å². The predicted octanol–water partition coefficient (Wildman–Crippen LogP) is 2.28. The maximum Gasteiger partial charge on any atom is 0.140 e. The molecule has 0 bridgehead atoms. The average Bonchev–Trinajstić information content (AvgIpc) is 2.71. The van der Waals surface area contributed by atoms with Gasteiger partial charge in [-0.25, -0.2) is 4.98 Å². The highest BCUT2D eigenvalue weighted by atomic mass is 35.5. The Bertz CT molecular complexity index is 552. The van der Waals surface area contributed by atoms with Crippen LogP contribution in [0.25, 0.3) is 11.4 Å². The molecule has 1 aromatic heterocycles. The summed E-state index contributed by atoms with van der Waals surface area (Å²) in [6, 6.07) is 5.55. The van der Waals surface area contributed by atoms with E-state index < -0.39 is 0 Å². The summed E-state index contributed by atoms with van der Waals surface area (Å²) in [7, 11) is 3.50. The molecule has 4 nitrogen and oxygen atoms in total. The number of hydrogen-bond acceptors (Lipinski definition) is 3. The lowest BCUT2D eigenvalue weighted by atomic mass is 10.2. The third-order valence-electron chi connectivity index (χ3n) is 2.70. The van der Waals surface area contributed by atoms with E-state index in [0.717, 1.165) is 17.1 Å². The van der Waals surface area contributed by atoms with Crippen molar-refractivity contribution in [3.05, 3.63) is 35.1 Å². The Balaban J connectivity index is 2.39. The number of aryl methyl sites for hydroxylation is 1. The van der Waals surface area contributed by atoms with E-state index in [0.29, 0.717) is 17.2 Å². The number of ether oxygens (including phenoxy) is 1. The Labute approximate surface area is 111 Å². The van der Waals surface area contributed by atoms with Crippen molar-refractivity contribution in [2.45, 2.75) is 6.42 Å². The van der Waals surface area contributed by atoms with Crippen LogP contribution in [-0.2, 0) is 13.5 Å². The summed E-state index contributed by atoms with van der Waals surface area (Å²) in [5.41, 5.74) is 1.79. The van der Waals surface area contributed by atoms with Gasteiger partial charge in [0, 0.05) is 31.8 Å². The smallest absolute Gasteiger partial charge is 0.140 e. The molecular weight excluding hydrogens is 252 g/mol. The summed E-state index contributed by atoms with van der Waals surface area (Å²) < 4.78 is 7.04. The Hall–Kier alpha value is -1.52. The summed E-state index contributed by atoms with van der Waals surface area (Å²) in [6.45, 7) is 0.0970. The van der Waals surface area contributed by atoms with E-state index in [9.17, 15) is 0 Å². The molecule has 2 aromatic rings. The largest absolute Gasteiger partial charge is 0.495 e. The monoisotopic (exact) mass is 266 g/mol. The zero-order chi connectivity index (χ0) is 13.1. The lowest BCUT2D eigenvalue weighted by Crippen LogP contribution is -1.92. The molecular formula is C13H15ClN2O2. The van der Waals surface area contributed by atoms with Gasteiger partial charge in [0.2, 0.25) is 0 Å². The van der Waals surface area contributed by atoms with Gasteiger partial charge in [-0.1, -0.05) is 11.6 Å². The van der Waals surface area contributed by atoms with Crippen molar-refractivity contribution in [1.82, 2.24) is 9.55 Å². The number of aliphatic hydroxyl groups is 1. The number of rotatable bonds is 4. The quantitative estimate of drug-likeness (QED) is 0.924. The van der Waals surface area contributed by atoms with Crippen LogP contribution in [0.1, 0.15) is 5.69 Å². The SMILES string of the molecule is COc1ccc(-c2nc(CCO)cn2C)cc1Cl. The summed E-state index contributed by atoms with van der Waals surface area (Å²) >= 11 is 6.10. The Kier molecular flexibility index (Phi) is 3.89. The van der Waals surface area contributed by atoms with Crippen molar-refractivity contribution in [3.63, 3.8) is 0 Å². The van der Waals surface area contributed by atoms with Gasteiger partial charge >= 0.3 is 0 Å². The number of imidazole rings is 1. The predicted molar refractivity (Wildman–Crippen MR) is 71.0 cm³/mol. The van der Waals surface area contributed by atoms with Crippen molar-refractivity contribution in [2.24, 2.45) is 7.05 Å². The molecule has 0 aliphatic rings. The normalized spacial score (nSPS) is 10.7. The minimum Gasteiger partial charge on any atom is -0.495 e. The number of aliphatic hydroxyl groups excluding tert-OH is 1. The maximum atomic E-state index is 8.92. The molecule has 96 valence electrons. The van der Waals surface area contributed by atoms with Gasteiger partial charge < -0.3 is 14.4 Å². The molecule has 1 aromatic carbocycles. The van der Waals surface area contributed by atoms with E-state index in [1.807, 2.05) is 36.0 Å². The van der Waals surface area contributed by atoms with Crippen molar-refractivity contribution in [1.29, 1.82) is 0 Å². The molecule has 0 radical (unpaired) electrons. The van der Waals surface area contributed by atoms with Gasteiger partial charge in [-0.2, -0.15) is 0 Å². The minimum atomic E-state index is 0.0970. The van der Waals surface area contributed by atoms with Crippen molar-refractivity contribution in [2.75, 3.05) is 13.7 Å². The van der Waals surface area contributed by atoms with Gasteiger partial charge in [0.25, 0.3) is 0 Å². The number of nitrogens with zero attached hydrogens (tertiary/aromatic N) is 2. The van der Waals surface area contributed by atoms with E-state index >= 15 is 0 Å². The van der Waals surface area contributed by atoms with Gasteiger partial charge in [0.1, 0.15) is 11.6 Å². The summed E-state index contributed by atoms with van der Waals surface area (Å²) in [4.78, 5) is 4.47. The maximum absolute atomic E-state index is 8.92. The molecule has 0 aliphatic carbocycles. The average molecular weight is 267 g/mol. The molecule has 0 saturated carbocycles. The van der Waals surface area contributed by atoms with Crippen LogP contribution in [0.3, 0.4) is 0 Å². The molecule has 0 amide bonds. The summed E-state index contributed by atoms with van der Waals surface area (Å²) in [5.74, 6) is 1.47. The Morgan fingerprint density at radius 2 is 2.22 bits per heavy atom. The van der Waals surface area contributed by atoms with Gasteiger partial charge in [0.05, 0.1) is 17.8 Å². The molecule has 5 heteroatoms. The first kappa shape index (κ1) is 12.9. The first-order valence-corrected chi connectivity index (χ1v) is 6.00. The lowest BCUT2D eigenvalue weighted by molar-refractivity contribution is 0.298. The number of methoxy groups -OCH3 is 1. The molecule has 0 saturated heterocycles. The second-order valence-electron chi connectivity index (χ2n) is 3.99. The standard InChI is InChI=1S/C13H15ClN2O2/c1-16-8-10(5-6-17)15-13(16)9-3-4-12(18-2)11(14)7-9/h3-4,7-8,17H,5-6H2,1-2H3. The molecule has 0 spiro atoms. The molecule has 1 N–H and O–H groups in total. The third-order valence-corrected chi connectivity index (χ3v) is 3.00. The summed E-state index contributed by atoms with van der Waals surface area (Å²) in [6.07, 6.45) is 2.46. The van der Waals surface area contributed by atoms with Crippen LogP contribution in [-0.4, -0.2) is 28.4 Å². The van der Waals surface area contributed by atoms with Crippen LogP contribution >= 0.6 is 11.6 Å². The zero-order valence-corrected chi connectivity index (χ0v) is 11.1. The van der Waals surface area contributed by atoms with Gasteiger partial charge in [-0.3, -0.25) is 0 Å². The highest BCUT2D eigenvalue weighted by Crippen LogP contribution is 2.29. The van der Waals surface area contributed by atoms with E-state index in [1.165, 1.54) is 0 Å². The van der Waals surface area contributed by atoms with Crippen LogP contribution in [0, 0.1) is 0 Å². The number of benzene rings is 1. The van der Waals surface area contributed by atoms with E-state index in [2.05, 4.69) is 4.98 Å². The van der Waals surface area contributed by atoms with E-state index in [-0.39, 0.29) is 6.61 Å². The lowest BCUT2D eigenvalue weighted by Gasteiger charge is -2.05. The Morgan fingerprint density at radius 1 is 1.44 bits per heavy atom. The highest BCUT2D eigenvalue weighted by molar-refractivity contribution is 6.32. The number of halogens is 1. The van der Waals surface area contributed by atoms with Crippen LogP contribution < -0.4 is 4.74 Å². The Morgan fingerprint density at radius 3 is 2.83 bits per heavy atom. The van der Waals surface area contributed by atoms with Crippen molar-refractivity contribution < 1.29 is 9.84 Å². The van der Waals surface area contributed by atoms with Gasteiger partial charge in [0.15, 0.2) is 0 Å². The first-order valence-electron chi connectivity index (χ1n) is 5.62. The fraction of sp³-hybridized carbons (Fsp3) is 0.308. The van der Waals surface area contributed by atoms with Crippen LogP contribution in [0.4, 0.5) is 0 Å². The van der Waals surface area contributed by atoms with Gasteiger partial charge in [-0.15, -0.1) is 0 Å². The third kappa shape index (κ3) is 2.49. The van der Waals surface area contributed by atoms with Crippen molar-refractivity contribution in [3.8, 4) is 17.1 Å². The molecule has 18 heavy (non-hydrogen) atoms. The molecule has 2 rings (SSSR count). The topological polar surface area (TPSA) is 47.3 Å². The minimum absolute atomic E-state index is 0.0970. The molecule has 0 unspecified atom stereocenters.